The molecule has 0 bridgehead atoms. The van der Waals surface area contributed by atoms with Gasteiger partial charge < -0.3 is 9.29 Å². The van der Waals surface area contributed by atoms with Crippen molar-refractivity contribution in [3.63, 3.8) is 0 Å². The second-order valence-electron chi connectivity index (χ2n) is 7.58. The predicted molar refractivity (Wildman–Crippen MR) is 108 cm³/mol. The molecular weight excluding hydrogens is 433 g/mol. The fraction of sp³-hybridized carbons (Fsp3) is 0.227. The number of fused-ring (bicyclic) bond motifs is 1. The van der Waals surface area contributed by atoms with E-state index in [4.69, 9.17) is 6.42 Å². The molecule has 0 fully saturated rings. The van der Waals surface area contributed by atoms with E-state index in [1.165, 1.54) is 30.3 Å². The number of hydrogen-bond donors (Lipinski definition) is 1. The first kappa shape index (κ1) is 22.4. The summed E-state index contributed by atoms with van der Waals surface area (Å²) < 4.78 is 65.7. The van der Waals surface area contributed by atoms with Crippen LogP contribution in [-0.4, -0.2) is 25.0 Å². The van der Waals surface area contributed by atoms with Crippen LogP contribution in [0, 0.1) is 12.3 Å². The molecule has 0 heterocycles. The van der Waals surface area contributed by atoms with E-state index >= 15 is 0 Å². The van der Waals surface area contributed by atoms with Gasteiger partial charge in [-0.3, -0.25) is 0 Å². The van der Waals surface area contributed by atoms with Crippen LogP contribution < -0.4 is 0 Å². The zero-order valence-electron chi connectivity index (χ0n) is 16.4. The summed E-state index contributed by atoms with van der Waals surface area (Å²) in [5, 5.41) is 9.38. The molecule has 5 nitrogen and oxygen atoms in total. The van der Waals surface area contributed by atoms with Crippen molar-refractivity contribution in [3.05, 3.63) is 64.7 Å². The first-order valence-corrected chi connectivity index (χ1v) is 10.4. The third-order valence-electron chi connectivity index (χ3n) is 5.05. The number of carboxylic acids is 1. The van der Waals surface area contributed by atoms with Crippen LogP contribution in [0.15, 0.2) is 42.5 Å². The topological polar surface area (TPSA) is 80.7 Å². The Morgan fingerprint density at radius 2 is 1.87 bits per heavy atom. The van der Waals surface area contributed by atoms with Gasteiger partial charge >= 0.3 is 21.6 Å². The fourth-order valence-corrected chi connectivity index (χ4v) is 3.91. The molecule has 0 aliphatic heterocycles. The molecule has 2 aromatic rings. The molecule has 0 unspecified atom stereocenters. The highest BCUT2D eigenvalue weighted by molar-refractivity contribution is 7.87. The zero-order chi connectivity index (χ0) is 23.2. The number of aromatic carboxylic acids is 1. The molecule has 0 amide bonds. The highest BCUT2D eigenvalue weighted by Gasteiger charge is 2.49. The van der Waals surface area contributed by atoms with Gasteiger partial charge in [0.25, 0.3) is 0 Å². The van der Waals surface area contributed by atoms with Crippen LogP contribution in [0.2, 0.25) is 0 Å². The van der Waals surface area contributed by atoms with E-state index in [1.807, 2.05) is 13.8 Å². The molecule has 1 aliphatic carbocycles. The Morgan fingerprint density at radius 1 is 1.19 bits per heavy atom. The van der Waals surface area contributed by atoms with Crippen LogP contribution >= 0.6 is 0 Å². The maximum atomic E-state index is 12.8. The van der Waals surface area contributed by atoms with Gasteiger partial charge in [0.05, 0.1) is 5.56 Å². The first-order chi connectivity index (χ1) is 14.3. The average Bonchev–Trinajstić information content (AvgIpc) is 2.68. The molecule has 0 saturated carbocycles. The number of alkyl halides is 3. The summed E-state index contributed by atoms with van der Waals surface area (Å²) in [7, 11) is -5.83. The lowest BCUT2D eigenvalue weighted by molar-refractivity contribution is -0.0509. The molecular formula is C22H17F3O5S. The van der Waals surface area contributed by atoms with Gasteiger partial charge in [-0.2, -0.15) is 21.6 Å². The molecule has 0 atom stereocenters. The molecule has 3 rings (SSSR count). The van der Waals surface area contributed by atoms with Gasteiger partial charge in [-0.1, -0.05) is 44.0 Å². The Kier molecular flexibility index (Phi) is 5.40. The summed E-state index contributed by atoms with van der Waals surface area (Å²) in [5.41, 5.74) is -4.26. The van der Waals surface area contributed by atoms with Crippen LogP contribution in [0.5, 0.6) is 0 Å². The molecule has 1 N–H and O–H groups in total. The zero-order valence-corrected chi connectivity index (χ0v) is 17.3. The van der Waals surface area contributed by atoms with Crippen LogP contribution in [-0.2, 0) is 19.7 Å². The summed E-state index contributed by atoms with van der Waals surface area (Å²) in [6.45, 7) is 3.69. The van der Waals surface area contributed by atoms with Crippen LogP contribution in [0.25, 0.3) is 16.9 Å². The second-order valence-corrected chi connectivity index (χ2v) is 9.12. The average molecular weight is 450 g/mol. The molecule has 0 spiro atoms. The van der Waals surface area contributed by atoms with Crippen molar-refractivity contribution in [2.45, 2.75) is 31.2 Å². The second kappa shape index (κ2) is 7.46. The molecule has 0 radical (unpaired) electrons. The number of halogens is 3. The van der Waals surface area contributed by atoms with E-state index in [2.05, 4.69) is 10.1 Å². The van der Waals surface area contributed by atoms with Crippen LogP contribution in [0.3, 0.4) is 0 Å². The smallest absolute Gasteiger partial charge is 0.478 e. The van der Waals surface area contributed by atoms with Crippen molar-refractivity contribution in [1.29, 1.82) is 0 Å². The first-order valence-electron chi connectivity index (χ1n) is 8.97. The standard InChI is InChI=1S/C22H17F3O5S/c1-4-14-15(6-5-7-16(14)20(26)27)13-8-9-17-18(12-13)21(2,3)11-10-19(17)30-31(28,29)22(23,24)25/h1,5-10,12H,11H2,2-3H3,(H,26,27). The number of allylic oxidation sites excluding steroid dienone is 1. The van der Waals surface area contributed by atoms with E-state index < -0.39 is 32.8 Å². The number of carbonyl (C=O) groups is 1. The highest BCUT2D eigenvalue weighted by Crippen LogP contribution is 2.43. The molecule has 0 aromatic heterocycles. The third kappa shape index (κ3) is 4.03. The largest absolute Gasteiger partial charge is 0.534 e. The quantitative estimate of drug-likeness (QED) is 0.406. The number of terminal acetylenes is 1. The number of rotatable bonds is 4. The van der Waals surface area contributed by atoms with E-state index in [-0.39, 0.29) is 23.1 Å². The molecule has 0 saturated heterocycles. The summed E-state index contributed by atoms with van der Waals surface area (Å²) in [6, 6.07) is 9.18. The van der Waals surface area contributed by atoms with E-state index in [1.54, 1.807) is 12.1 Å². The predicted octanol–water partition coefficient (Wildman–Crippen LogP) is 4.92. The van der Waals surface area contributed by atoms with Crippen molar-refractivity contribution >= 4 is 21.8 Å². The minimum atomic E-state index is -5.83. The lowest BCUT2D eigenvalue weighted by Crippen LogP contribution is -2.27. The summed E-state index contributed by atoms with van der Waals surface area (Å²) in [5.74, 6) is 0.782. The Hall–Kier alpha value is -3.25. The van der Waals surface area contributed by atoms with E-state index in [0.717, 1.165) is 0 Å². The number of hydrogen-bond acceptors (Lipinski definition) is 4. The minimum Gasteiger partial charge on any atom is -0.478 e. The van der Waals surface area contributed by atoms with Gasteiger partial charge in [-0.05, 0) is 46.7 Å². The van der Waals surface area contributed by atoms with Crippen molar-refractivity contribution in [3.8, 4) is 23.5 Å². The Bertz CT molecular complexity index is 1250. The lowest BCUT2D eigenvalue weighted by atomic mass is 9.74. The SMILES string of the molecule is C#Cc1c(C(=O)O)cccc1-c1ccc2c(c1)C(C)(C)CC=C2OS(=O)(=O)C(F)(F)F. The summed E-state index contributed by atoms with van der Waals surface area (Å²) >= 11 is 0. The van der Waals surface area contributed by atoms with Crippen molar-refractivity contribution < 1.29 is 35.7 Å². The van der Waals surface area contributed by atoms with Crippen molar-refractivity contribution in [1.82, 2.24) is 0 Å². The normalized spacial score (nSPS) is 15.4. The van der Waals surface area contributed by atoms with Crippen LogP contribution in [0.1, 0.15) is 47.3 Å². The Labute approximate surface area is 177 Å². The van der Waals surface area contributed by atoms with Gasteiger partial charge in [0.1, 0.15) is 5.76 Å². The minimum absolute atomic E-state index is 0.0582. The van der Waals surface area contributed by atoms with Crippen molar-refractivity contribution in [2.75, 3.05) is 0 Å². The van der Waals surface area contributed by atoms with Crippen molar-refractivity contribution in [2.24, 2.45) is 0 Å². The lowest BCUT2D eigenvalue weighted by Gasteiger charge is -2.32. The van der Waals surface area contributed by atoms with E-state index in [9.17, 15) is 31.5 Å². The number of carboxylic acid groups (broad SMARTS) is 1. The molecule has 1 aliphatic rings. The molecule has 9 heteroatoms. The van der Waals surface area contributed by atoms with E-state index in [0.29, 0.717) is 16.7 Å². The van der Waals surface area contributed by atoms with Gasteiger partial charge in [0.15, 0.2) is 0 Å². The molecule has 2 aromatic carbocycles. The highest BCUT2D eigenvalue weighted by atomic mass is 32.2. The van der Waals surface area contributed by atoms with Crippen LogP contribution in [0.4, 0.5) is 13.2 Å². The van der Waals surface area contributed by atoms with Gasteiger partial charge in [-0.25, -0.2) is 4.79 Å². The fourth-order valence-electron chi connectivity index (χ4n) is 3.43. The van der Waals surface area contributed by atoms with Gasteiger partial charge in [0, 0.05) is 11.1 Å². The van der Waals surface area contributed by atoms with Gasteiger partial charge in [0.2, 0.25) is 0 Å². The number of benzene rings is 2. The monoisotopic (exact) mass is 450 g/mol. The Balaban J connectivity index is 2.16. The third-order valence-corrected chi connectivity index (χ3v) is 6.01. The maximum absolute atomic E-state index is 12.8. The Morgan fingerprint density at radius 3 is 2.45 bits per heavy atom. The molecule has 31 heavy (non-hydrogen) atoms. The van der Waals surface area contributed by atoms with Gasteiger partial charge in [-0.15, -0.1) is 6.42 Å². The summed E-state index contributed by atoms with van der Waals surface area (Å²) in [6.07, 6.45) is 7.07. The maximum Gasteiger partial charge on any atom is 0.534 e. The summed E-state index contributed by atoms with van der Waals surface area (Å²) in [4.78, 5) is 11.5. The molecule has 162 valence electrons.